The molecule has 0 spiro atoms. The minimum atomic E-state index is -2.96. The van der Waals surface area contributed by atoms with Crippen LogP contribution in [0.25, 0.3) is 0 Å². The number of hydrogen-bond donors (Lipinski definition) is 1. The average molecular weight is 308 g/mol. The van der Waals surface area contributed by atoms with Gasteiger partial charge >= 0.3 is 6.03 Å². The summed E-state index contributed by atoms with van der Waals surface area (Å²) in [7, 11) is -2.96. The lowest BCUT2D eigenvalue weighted by molar-refractivity contribution is 0.216. The van der Waals surface area contributed by atoms with Gasteiger partial charge in [0.15, 0.2) is 9.84 Å². The molecule has 2 aliphatic rings. The Morgan fingerprint density at radius 3 is 2.57 bits per heavy atom. The Hall–Kier alpha value is -1.56. The largest absolute Gasteiger partial charge is 0.322 e. The summed E-state index contributed by atoms with van der Waals surface area (Å²) < 4.78 is 22.8. The highest BCUT2D eigenvalue weighted by Gasteiger charge is 2.25. The van der Waals surface area contributed by atoms with Crippen LogP contribution in [0.3, 0.4) is 0 Å². The van der Waals surface area contributed by atoms with E-state index in [4.69, 9.17) is 0 Å². The van der Waals surface area contributed by atoms with Gasteiger partial charge < -0.3 is 10.2 Å². The van der Waals surface area contributed by atoms with Crippen LogP contribution in [-0.2, 0) is 22.7 Å². The zero-order chi connectivity index (χ0) is 14.9. The number of urea groups is 1. The fraction of sp³-hybridized carbons (Fsp3) is 0.533. The van der Waals surface area contributed by atoms with E-state index in [1.165, 1.54) is 17.5 Å². The van der Waals surface area contributed by atoms with Gasteiger partial charge in [0.05, 0.1) is 11.5 Å². The van der Waals surface area contributed by atoms with Crippen LogP contribution in [0.2, 0.25) is 0 Å². The van der Waals surface area contributed by atoms with Crippen LogP contribution in [-0.4, -0.2) is 43.9 Å². The highest BCUT2D eigenvalue weighted by Crippen LogP contribution is 2.28. The molecule has 0 radical (unpaired) electrons. The number of sulfone groups is 1. The quantitative estimate of drug-likeness (QED) is 0.860. The second kappa shape index (κ2) is 5.67. The Morgan fingerprint density at radius 1 is 1.10 bits per heavy atom. The van der Waals surface area contributed by atoms with Crippen LogP contribution in [0.4, 0.5) is 10.5 Å². The van der Waals surface area contributed by atoms with Gasteiger partial charge in [-0.15, -0.1) is 0 Å². The van der Waals surface area contributed by atoms with Gasteiger partial charge in [0.2, 0.25) is 0 Å². The maximum Gasteiger partial charge on any atom is 0.321 e. The molecule has 2 amide bonds. The van der Waals surface area contributed by atoms with E-state index in [1.54, 1.807) is 4.90 Å². The molecule has 0 bridgehead atoms. The molecule has 1 aromatic rings. The van der Waals surface area contributed by atoms with Gasteiger partial charge in [0.25, 0.3) is 0 Å². The number of benzene rings is 1. The van der Waals surface area contributed by atoms with Gasteiger partial charge in [-0.3, -0.25) is 0 Å². The van der Waals surface area contributed by atoms with Crippen molar-refractivity contribution in [2.45, 2.75) is 25.7 Å². The summed E-state index contributed by atoms with van der Waals surface area (Å²) in [6.07, 6.45) is 4.43. The monoisotopic (exact) mass is 308 g/mol. The van der Waals surface area contributed by atoms with Crippen molar-refractivity contribution in [3.05, 3.63) is 29.3 Å². The van der Waals surface area contributed by atoms with Crippen LogP contribution in [0.15, 0.2) is 18.2 Å². The van der Waals surface area contributed by atoms with E-state index in [-0.39, 0.29) is 30.6 Å². The molecule has 0 aromatic heterocycles. The first kappa shape index (κ1) is 14.4. The van der Waals surface area contributed by atoms with E-state index in [0.29, 0.717) is 0 Å². The third kappa shape index (κ3) is 3.20. The maximum atomic E-state index is 12.3. The van der Waals surface area contributed by atoms with Crippen molar-refractivity contribution in [1.29, 1.82) is 0 Å². The van der Waals surface area contributed by atoms with Crippen molar-refractivity contribution < 1.29 is 13.2 Å². The lowest BCUT2D eigenvalue weighted by atomic mass is 9.90. The Balaban J connectivity index is 1.71. The van der Waals surface area contributed by atoms with E-state index in [2.05, 4.69) is 11.4 Å². The molecule has 114 valence electrons. The van der Waals surface area contributed by atoms with Crippen LogP contribution in [0.5, 0.6) is 0 Å². The molecule has 5 nitrogen and oxygen atoms in total. The fourth-order valence-electron chi connectivity index (χ4n) is 3.01. The Kier molecular flexibility index (Phi) is 3.89. The summed E-state index contributed by atoms with van der Waals surface area (Å²) in [6, 6.07) is 5.84. The van der Waals surface area contributed by atoms with Crippen molar-refractivity contribution in [1.82, 2.24) is 4.90 Å². The molecule has 1 saturated heterocycles. The average Bonchev–Trinajstić information content (AvgIpc) is 2.47. The minimum absolute atomic E-state index is 0.0628. The molecule has 1 aromatic carbocycles. The van der Waals surface area contributed by atoms with Gasteiger partial charge in [-0.2, -0.15) is 0 Å². The Morgan fingerprint density at radius 2 is 1.81 bits per heavy atom. The maximum absolute atomic E-state index is 12.3. The molecule has 6 heteroatoms. The van der Waals surface area contributed by atoms with E-state index in [0.717, 1.165) is 24.9 Å². The predicted octanol–water partition coefficient (Wildman–Crippen LogP) is 1.83. The number of amides is 2. The summed E-state index contributed by atoms with van der Waals surface area (Å²) in [5, 5.41) is 2.96. The Labute approximate surface area is 125 Å². The normalized spacial score (nSPS) is 20.7. The lowest BCUT2D eigenvalue weighted by Gasteiger charge is -2.28. The van der Waals surface area contributed by atoms with Crippen molar-refractivity contribution in [3.63, 3.8) is 0 Å². The first-order valence-electron chi connectivity index (χ1n) is 7.42. The van der Waals surface area contributed by atoms with Crippen molar-refractivity contribution >= 4 is 21.6 Å². The van der Waals surface area contributed by atoms with E-state index < -0.39 is 9.84 Å². The molecule has 3 rings (SSSR count). The van der Waals surface area contributed by atoms with Crippen molar-refractivity contribution in [2.75, 3.05) is 29.9 Å². The number of aryl methyl sites for hydroxylation is 1. The second-order valence-electron chi connectivity index (χ2n) is 5.72. The predicted molar refractivity (Wildman–Crippen MR) is 82.3 cm³/mol. The number of carbonyl (C=O) groups excluding carboxylic acids is 1. The standard InChI is InChI=1S/C15H20N2O3S/c18-15(17-8-10-21(19,20)11-9-17)16-14-7-3-5-12-4-1-2-6-13(12)14/h3,5,7H,1-2,4,6,8-11H2,(H,16,18). The van der Waals surface area contributed by atoms with E-state index >= 15 is 0 Å². The molecule has 0 unspecified atom stereocenters. The fourth-order valence-corrected chi connectivity index (χ4v) is 4.21. The molecule has 1 heterocycles. The van der Waals surface area contributed by atoms with Crippen LogP contribution >= 0.6 is 0 Å². The molecule has 0 saturated carbocycles. The molecule has 21 heavy (non-hydrogen) atoms. The summed E-state index contributed by atoms with van der Waals surface area (Å²) in [4.78, 5) is 13.9. The number of nitrogens with zero attached hydrogens (tertiary/aromatic N) is 1. The first-order chi connectivity index (χ1) is 10.1. The van der Waals surface area contributed by atoms with Gasteiger partial charge in [0, 0.05) is 18.8 Å². The summed E-state index contributed by atoms with van der Waals surface area (Å²) >= 11 is 0. The summed E-state index contributed by atoms with van der Waals surface area (Å²) in [6.45, 7) is 0.562. The number of anilines is 1. The Bertz CT molecular complexity index is 641. The molecular formula is C15H20N2O3S. The van der Waals surface area contributed by atoms with Gasteiger partial charge in [-0.1, -0.05) is 12.1 Å². The van der Waals surface area contributed by atoms with E-state index in [1.807, 2.05) is 12.1 Å². The summed E-state index contributed by atoms with van der Waals surface area (Å²) in [5.74, 6) is 0.126. The molecule has 1 aliphatic carbocycles. The van der Waals surface area contributed by atoms with E-state index in [9.17, 15) is 13.2 Å². The second-order valence-corrected chi connectivity index (χ2v) is 8.02. The molecule has 0 atom stereocenters. The topological polar surface area (TPSA) is 66.5 Å². The van der Waals surface area contributed by atoms with Crippen LogP contribution in [0, 0.1) is 0 Å². The van der Waals surface area contributed by atoms with Crippen LogP contribution in [0.1, 0.15) is 24.0 Å². The number of rotatable bonds is 1. The van der Waals surface area contributed by atoms with Gasteiger partial charge in [-0.05, 0) is 42.9 Å². The third-order valence-electron chi connectivity index (χ3n) is 4.27. The van der Waals surface area contributed by atoms with Crippen LogP contribution < -0.4 is 5.32 Å². The minimum Gasteiger partial charge on any atom is -0.322 e. The lowest BCUT2D eigenvalue weighted by Crippen LogP contribution is -2.45. The number of nitrogens with one attached hydrogen (secondary N) is 1. The number of hydrogen-bond acceptors (Lipinski definition) is 3. The SMILES string of the molecule is O=C(Nc1cccc2c1CCCC2)N1CCS(=O)(=O)CC1. The van der Waals surface area contributed by atoms with Gasteiger partial charge in [0.1, 0.15) is 0 Å². The summed E-state index contributed by atoms with van der Waals surface area (Å²) in [5.41, 5.74) is 3.44. The highest BCUT2D eigenvalue weighted by molar-refractivity contribution is 7.91. The van der Waals surface area contributed by atoms with Gasteiger partial charge in [-0.25, -0.2) is 13.2 Å². The molecule has 1 N–H and O–H groups in total. The number of fused-ring (bicyclic) bond motifs is 1. The molecular weight excluding hydrogens is 288 g/mol. The zero-order valence-electron chi connectivity index (χ0n) is 12.0. The highest BCUT2D eigenvalue weighted by atomic mass is 32.2. The third-order valence-corrected chi connectivity index (χ3v) is 5.88. The van der Waals surface area contributed by atoms with Crippen molar-refractivity contribution in [3.8, 4) is 0 Å². The zero-order valence-corrected chi connectivity index (χ0v) is 12.8. The first-order valence-corrected chi connectivity index (χ1v) is 9.24. The molecule has 1 aliphatic heterocycles. The molecule has 1 fully saturated rings. The smallest absolute Gasteiger partial charge is 0.321 e. The van der Waals surface area contributed by atoms with Crippen molar-refractivity contribution in [2.24, 2.45) is 0 Å². The number of carbonyl (C=O) groups is 1.